The van der Waals surface area contributed by atoms with Crippen molar-refractivity contribution in [1.29, 1.82) is 0 Å². The monoisotopic (exact) mass is 459 g/mol. The van der Waals surface area contributed by atoms with Crippen molar-refractivity contribution in [1.82, 2.24) is 15.5 Å². The molecule has 0 unspecified atom stereocenters. The van der Waals surface area contributed by atoms with Crippen molar-refractivity contribution in [2.75, 3.05) is 20.1 Å². The molecule has 1 aromatic rings. The summed E-state index contributed by atoms with van der Waals surface area (Å²) in [5.41, 5.74) is 6.85. The lowest BCUT2D eigenvalue weighted by atomic mass is 10.0. The fourth-order valence-corrected chi connectivity index (χ4v) is 2.97. The lowest BCUT2D eigenvalue weighted by molar-refractivity contribution is 0.1000. The van der Waals surface area contributed by atoms with E-state index in [1.165, 1.54) is 0 Å². The zero-order valence-corrected chi connectivity index (χ0v) is 17.6. The van der Waals surface area contributed by atoms with Crippen molar-refractivity contribution in [3.8, 4) is 0 Å². The quantitative estimate of drug-likeness (QED) is 0.357. The Hall–Kier alpha value is -1.35. The van der Waals surface area contributed by atoms with Crippen molar-refractivity contribution in [2.45, 2.75) is 45.3 Å². The lowest BCUT2D eigenvalue weighted by Crippen LogP contribution is -2.49. The van der Waals surface area contributed by atoms with Crippen LogP contribution >= 0.6 is 24.0 Å². The van der Waals surface area contributed by atoms with E-state index < -0.39 is 5.91 Å². The number of aliphatic imine (C=N–C) groups is 1. The molecule has 0 aliphatic carbocycles. The van der Waals surface area contributed by atoms with Crippen molar-refractivity contribution in [3.05, 3.63) is 35.4 Å². The van der Waals surface area contributed by atoms with Crippen LogP contribution in [0.25, 0.3) is 0 Å². The maximum absolute atomic E-state index is 11.2. The van der Waals surface area contributed by atoms with Gasteiger partial charge in [-0.05, 0) is 44.4 Å². The maximum atomic E-state index is 11.2. The molecule has 1 aliphatic rings. The molecule has 2 rings (SSSR count). The number of nitrogens with two attached hydrogens (primary N) is 1. The van der Waals surface area contributed by atoms with E-state index >= 15 is 0 Å². The van der Waals surface area contributed by atoms with Crippen LogP contribution in [0, 0.1) is 0 Å². The standard InChI is InChI=1S/C18H29N5O.HI/c1-13(2)23-9-7-16(8-10-23)22-18(20-3)21-12-14-5-4-6-15(11-14)17(19)24;/h4-6,11,13,16H,7-10,12H2,1-3H3,(H2,19,24)(H2,20,21,22);1H. The molecule has 4 N–H and O–H groups in total. The molecule has 0 spiro atoms. The minimum absolute atomic E-state index is 0. The van der Waals surface area contributed by atoms with Crippen LogP contribution in [-0.4, -0.2) is 49.0 Å². The fraction of sp³-hybridized carbons (Fsp3) is 0.556. The summed E-state index contributed by atoms with van der Waals surface area (Å²) in [6.45, 7) is 7.33. The van der Waals surface area contributed by atoms with Gasteiger partial charge in [-0.15, -0.1) is 24.0 Å². The number of halogens is 1. The SMILES string of the molecule is CN=C(NCc1cccc(C(N)=O)c1)NC1CCN(C(C)C)CC1.I. The first-order chi connectivity index (χ1) is 11.5. The number of rotatable bonds is 5. The summed E-state index contributed by atoms with van der Waals surface area (Å²) in [6.07, 6.45) is 2.24. The van der Waals surface area contributed by atoms with Crippen LogP contribution in [0.4, 0.5) is 0 Å². The van der Waals surface area contributed by atoms with E-state index in [0.717, 1.165) is 37.5 Å². The van der Waals surface area contributed by atoms with E-state index in [1.54, 1.807) is 13.1 Å². The number of nitrogens with one attached hydrogen (secondary N) is 2. The van der Waals surface area contributed by atoms with Gasteiger partial charge in [-0.3, -0.25) is 9.79 Å². The van der Waals surface area contributed by atoms with Gasteiger partial charge in [0.25, 0.3) is 0 Å². The molecule has 0 radical (unpaired) electrons. The summed E-state index contributed by atoms with van der Waals surface area (Å²) < 4.78 is 0. The van der Waals surface area contributed by atoms with Gasteiger partial charge in [-0.2, -0.15) is 0 Å². The van der Waals surface area contributed by atoms with Crippen LogP contribution in [-0.2, 0) is 6.54 Å². The number of carbonyl (C=O) groups excluding carboxylic acids is 1. The van der Waals surface area contributed by atoms with Gasteiger partial charge in [-0.1, -0.05) is 12.1 Å². The molecule has 1 aliphatic heterocycles. The van der Waals surface area contributed by atoms with E-state index in [9.17, 15) is 4.79 Å². The number of benzene rings is 1. The van der Waals surface area contributed by atoms with Gasteiger partial charge in [0.15, 0.2) is 5.96 Å². The number of carbonyl (C=O) groups is 1. The predicted molar refractivity (Wildman–Crippen MR) is 113 cm³/mol. The van der Waals surface area contributed by atoms with Gasteiger partial charge in [0.1, 0.15) is 0 Å². The van der Waals surface area contributed by atoms with Crippen molar-refractivity contribution in [3.63, 3.8) is 0 Å². The molecule has 0 bridgehead atoms. The van der Waals surface area contributed by atoms with Gasteiger partial charge in [0.2, 0.25) is 5.91 Å². The van der Waals surface area contributed by atoms with Crippen LogP contribution in [0.5, 0.6) is 0 Å². The predicted octanol–water partition coefficient (Wildman–Crippen LogP) is 1.94. The summed E-state index contributed by atoms with van der Waals surface area (Å²) in [4.78, 5) is 18.0. The van der Waals surface area contributed by atoms with Crippen molar-refractivity contribution < 1.29 is 4.79 Å². The number of guanidine groups is 1. The maximum Gasteiger partial charge on any atom is 0.248 e. The summed E-state index contributed by atoms with van der Waals surface area (Å²) in [5, 5.41) is 6.80. The molecule has 1 fully saturated rings. The highest BCUT2D eigenvalue weighted by molar-refractivity contribution is 14.0. The summed E-state index contributed by atoms with van der Waals surface area (Å²) in [6, 6.07) is 8.40. The average molecular weight is 459 g/mol. The zero-order chi connectivity index (χ0) is 17.5. The Balaban J connectivity index is 0.00000312. The molecular formula is C18H30IN5O. The molecule has 140 valence electrons. The first kappa shape index (κ1) is 21.7. The third kappa shape index (κ3) is 6.81. The summed E-state index contributed by atoms with van der Waals surface area (Å²) >= 11 is 0. The second-order valence-corrected chi connectivity index (χ2v) is 6.54. The van der Waals surface area contributed by atoms with Gasteiger partial charge in [0, 0.05) is 44.3 Å². The van der Waals surface area contributed by atoms with E-state index in [-0.39, 0.29) is 24.0 Å². The zero-order valence-electron chi connectivity index (χ0n) is 15.3. The third-order valence-electron chi connectivity index (χ3n) is 4.50. The molecule has 0 atom stereocenters. The molecule has 6 nitrogen and oxygen atoms in total. The van der Waals surface area contributed by atoms with Gasteiger partial charge in [0.05, 0.1) is 0 Å². The first-order valence-corrected chi connectivity index (χ1v) is 8.59. The molecule has 7 heteroatoms. The Morgan fingerprint density at radius 3 is 2.60 bits per heavy atom. The van der Waals surface area contributed by atoms with Crippen LogP contribution in [0.3, 0.4) is 0 Å². The minimum Gasteiger partial charge on any atom is -0.366 e. The molecular weight excluding hydrogens is 429 g/mol. The number of piperidine rings is 1. The number of likely N-dealkylation sites (tertiary alicyclic amines) is 1. The number of amides is 1. The third-order valence-corrected chi connectivity index (χ3v) is 4.50. The average Bonchev–Trinajstić information content (AvgIpc) is 2.59. The van der Waals surface area contributed by atoms with Crippen molar-refractivity contribution in [2.24, 2.45) is 10.7 Å². The van der Waals surface area contributed by atoms with E-state index in [4.69, 9.17) is 5.73 Å². The molecule has 1 amide bonds. The van der Waals surface area contributed by atoms with Crippen LogP contribution in [0.1, 0.15) is 42.6 Å². The Kier molecular flexibility index (Phi) is 9.20. The Morgan fingerprint density at radius 1 is 1.36 bits per heavy atom. The highest BCUT2D eigenvalue weighted by atomic mass is 127. The molecule has 0 saturated carbocycles. The summed E-state index contributed by atoms with van der Waals surface area (Å²) in [5.74, 6) is 0.388. The van der Waals surface area contributed by atoms with Crippen LogP contribution < -0.4 is 16.4 Å². The van der Waals surface area contributed by atoms with Crippen LogP contribution in [0.15, 0.2) is 29.3 Å². The lowest BCUT2D eigenvalue weighted by Gasteiger charge is -2.35. The topological polar surface area (TPSA) is 82.7 Å². The number of hydrogen-bond acceptors (Lipinski definition) is 3. The van der Waals surface area contributed by atoms with Gasteiger partial charge >= 0.3 is 0 Å². The minimum atomic E-state index is -0.406. The molecule has 0 aromatic heterocycles. The Labute approximate surface area is 167 Å². The summed E-state index contributed by atoms with van der Waals surface area (Å²) in [7, 11) is 1.78. The second kappa shape index (κ2) is 10.6. The van der Waals surface area contributed by atoms with Gasteiger partial charge < -0.3 is 21.3 Å². The van der Waals surface area contributed by atoms with E-state index in [0.29, 0.717) is 24.2 Å². The highest BCUT2D eigenvalue weighted by Crippen LogP contribution is 2.12. The molecule has 25 heavy (non-hydrogen) atoms. The van der Waals surface area contributed by atoms with Gasteiger partial charge in [-0.25, -0.2) is 0 Å². The number of primary amides is 1. The normalized spacial score (nSPS) is 16.4. The van der Waals surface area contributed by atoms with Crippen molar-refractivity contribution >= 4 is 35.8 Å². The highest BCUT2D eigenvalue weighted by Gasteiger charge is 2.21. The fourth-order valence-electron chi connectivity index (χ4n) is 2.97. The largest absolute Gasteiger partial charge is 0.366 e. The number of nitrogens with zero attached hydrogens (tertiary/aromatic N) is 2. The Morgan fingerprint density at radius 2 is 2.04 bits per heavy atom. The molecule has 1 aromatic carbocycles. The Bertz CT molecular complexity index is 583. The van der Waals surface area contributed by atoms with E-state index in [2.05, 4.69) is 34.4 Å². The number of hydrogen-bond donors (Lipinski definition) is 3. The first-order valence-electron chi connectivity index (χ1n) is 8.59. The smallest absolute Gasteiger partial charge is 0.248 e. The van der Waals surface area contributed by atoms with E-state index in [1.807, 2.05) is 18.2 Å². The van der Waals surface area contributed by atoms with Crippen LogP contribution in [0.2, 0.25) is 0 Å². The molecule has 1 saturated heterocycles. The second-order valence-electron chi connectivity index (χ2n) is 6.54. The molecule has 1 heterocycles.